The van der Waals surface area contributed by atoms with E-state index in [1.54, 1.807) is 36.4 Å². The van der Waals surface area contributed by atoms with E-state index in [4.69, 9.17) is 4.74 Å². The zero-order valence-corrected chi connectivity index (χ0v) is 15.5. The Bertz CT molecular complexity index is 734. The average molecular weight is 375 g/mol. The molecule has 0 bridgehead atoms. The topological polar surface area (TPSA) is 58.6 Å². The van der Waals surface area contributed by atoms with Crippen molar-refractivity contribution >= 4 is 24.1 Å². The van der Waals surface area contributed by atoms with Crippen molar-refractivity contribution in [3.63, 3.8) is 0 Å². The number of nitrogens with zero attached hydrogens (tertiary/aromatic N) is 1. The van der Waals surface area contributed by atoms with E-state index >= 15 is 0 Å². The number of ketones is 1. The summed E-state index contributed by atoms with van der Waals surface area (Å²) in [6, 6.07) is 16.2. The van der Waals surface area contributed by atoms with Crippen molar-refractivity contribution in [3.05, 3.63) is 65.7 Å². The van der Waals surface area contributed by atoms with E-state index in [1.165, 1.54) is 0 Å². The molecule has 1 aliphatic rings. The highest BCUT2D eigenvalue weighted by Crippen LogP contribution is 2.16. The van der Waals surface area contributed by atoms with Gasteiger partial charge >= 0.3 is 0 Å². The van der Waals surface area contributed by atoms with E-state index in [-0.39, 0.29) is 36.7 Å². The van der Waals surface area contributed by atoms with Gasteiger partial charge in [0, 0.05) is 36.8 Å². The van der Waals surface area contributed by atoms with Gasteiger partial charge in [0.05, 0.1) is 0 Å². The Morgan fingerprint density at radius 2 is 1.73 bits per heavy atom. The number of hydrogen-bond donors (Lipinski definition) is 1. The van der Waals surface area contributed by atoms with Gasteiger partial charge in [-0.1, -0.05) is 30.3 Å². The van der Waals surface area contributed by atoms with Crippen LogP contribution >= 0.6 is 12.4 Å². The molecule has 1 saturated heterocycles. The Morgan fingerprint density at radius 1 is 1.08 bits per heavy atom. The highest BCUT2D eigenvalue weighted by molar-refractivity contribution is 6.08. The molecular formula is C20H23ClN2O3. The second-order valence-corrected chi connectivity index (χ2v) is 6.15. The first-order valence-electron chi connectivity index (χ1n) is 8.48. The zero-order chi connectivity index (χ0) is 17.6. The number of nitrogens with one attached hydrogen (secondary N) is 1. The van der Waals surface area contributed by atoms with E-state index < -0.39 is 0 Å². The van der Waals surface area contributed by atoms with Gasteiger partial charge < -0.3 is 15.0 Å². The number of hydrogen-bond acceptors (Lipinski definition) is 4. The third kappa shape index (κ3) is 4.84. The lowest BCUT2D eigenvalue weighted by atomic mass is 10.0. The number of rotatable bonds is 5. The predicted molar refractivity (Wildman–Crippen MR) is 103 cm³/mol. The van der Waals surface area contributed by atoms with Crippen LogP contribution in [-0.2, 0) is 4.79 Å². The van der Waals surface area contributed by atoms with Crippen LogP contribution in [0.1, 0.15) is 22.8 Å². The van der Waals surface area contributed by atoms with Gasteiger partial charge in [0.2, 0.25) is 0 Å². The maximum Gasteiger partial charge on any atom is 0.260 e. The molecule has 2 aromatic rings. The van der Waals surface area contributed by atoms with Gasteiger partial charge in [-0.2, -0.15) is 0 Å². The summed E-state index contributed by atoms with van der Waals surface area (Å²) >= 11 is 0. The number of halogens is 1. The average Bonchev–Trinajstić information content (AvgIpc) is 2.67. The molecule has 2 aromatic carbocycles. The second kappa shape index (κ2) is 9.36. The van der Waals surface area contributed by atoms with Crippen LogP contribution < -0.4 is 10.1 Å². The summed E-state index contributed by atoms with van der Waals surface area (Å²) in [4.78, 5) is 26.5. The van der Waals surface area contributed by atoms with Gasteiger partial charge in [-0.3, -0.25) is 9.59 Å². The van der Waals surface area contributed by atoms with Crippen LogP contribution in [0.3, 0.4) is 0 Å². The maximum atomic E-state index is 12.4. The molecule has 0 unspecified atom stereocenters. The number of benzene rings is 2. The van der Waals surface area contributed by atoms with Crippen LogP contribution in [0.5, 0.6) is 5.75 Å². The Balaban J connectivity index is 0.00000243. The molecule has 1 amide bonds. The number of piperazine rings is 1. The van der Waals surface area contributed by atoms with Crippen LogP contribution in [0.2, 0.25) is 0 Å². The zero-order valence-electron chi connectivity index (χ0n) is 14.7. The van der Waals surface area contributed by atoms with Crippen molar-refractivity contribution in [2.24, 2.45) is 0 Å². The first kappa shape index (κ1) is 19.9. The normalized spacial score (nSPS) is 16.5. The number of carbonyl (C=O) groups is 2. The maximum absolute atomic E-state index is 12.4. The molecule has 0 aliphatic carbocycles. The fourth-order valence-corrected chi connectivity index (χ4v) is 2.90. The van der Waals surface area contributed by atoms with Gasteiger partial charge in [0.25, 0.3) is 5.91 Å². The van der Waals surface area contributed by atoms with Crippen LogP contribution in [-0.4, -0.2) is 48.9 Å². The Labute approximate surface area is 159 Å². The summed E-state index contributed by atoms with van der Waals surface area (Å²) in [5.74, 6) is 0.539. The van der Waals surface area contributed by atoms with Crippen molar-refractivity contribution in [1.29, 1.82) is 0 Å². The Kier molecular flexibility index (Phi) is 7.18. The molecule has 0 spiro atoms. The summed E-state index contributed by atoms with van der Waals surface area (Å²) in [7, 11) is 0. The monoisotopic (exact) mass is 374 g/mol. The van der Waals surface area contributed by atoms with E-state index in [2.05, 4.69) is 5.32 Å². The molecule has 1 heterocycles. The van der Waals surface area contributed by atoms with Crippen LogP contribution in [0.15, 0.2) is 54.6 Å². The minimum Gasteiger partial charge on any atom is -0.484 e. The quantitative estimate of drug-likeness (QED) is 0.817. The second-order valence-electron chi connectivity index (χ2n) is 6.15. The largest absolute Gasteiger partial charge is 0.484 e. The summed E-state index contributed by atoms with van der Waals surface area (Å²) in [6.45, 7) is 4.35. The minimum absolute atomic E-state index is 0. The molecule has 138 valence electrons. The highest BCUT2D eigenvalue weighted by Gasteiger charge is 2.23. The lowest BCUT2D eigenvalue weighted by Crippen LogP contribution is -2.53. The smallest absolute Gasteiger partial charge is 0.260 e. The molecule has 0 aromatic heterocycles. The van der Waals surface area contributed by atoms with Gasteiger partial charge in [0.1, 0.15) is 5.75 Å². The molecule has 1 atom stereocenters. The van der Waals surface area contributed by atoms with E-state index in [0.29, 0.717) is 23.4 Å². The Hall–Kier alpha value is -2.37. The van der Waals surface area contributed by atoms with Gasteiger partial charge in [-0.05, 0) is 31.2 Å². The molecule has 0 saturated carbocycles. The lowest BCUT2D eigenvalue weighted by molar-refractivity contribution is -0.136. The van der Waals surface area contributed by atoms with E-state index in [9.17, 15) is 9.59 Å². The number of amides is 1. The fourth-order valence-electron chi connectivity index (χ4n) is 2.90. The van der Waals surface area contributed by atoms with Gasteiger partial charge in [0.15, 0.2) is 12.4 Å². The van der Waals surface area contributed by atoms with Crippen LogP contribution in [0.25, 0.3) is 0 Å². The first-order chi connectivity index (χ1) is 12.1. The highest BCUT2D eigenvalue weighted by atomic mass is 35.5. The van der Waals surface area contributed by atoms with Gasteiger partial charge in [-0.25, -0.2) is 0 Å². The van der Waals surface area contributed by atoms with E-state index in [0.717, 1.165) is 13.1 Å². The lowest BCUT2D eigenvalue weighted by Gasteiger charge is -2.33. The summed E-state index contributed by atoms with van der Waals surface area (Å²) < 4.78 is 5.59. The SMILES string of the molecule is C[C@H]1CNCCN1C(=O)COc1ccc(C(=O)c2ccccc2)cc1.Cl. The molecule has 6 heteroatoms. The minimum atomic E-state index is -0.0298. The third-order valence-electron chi connectivity index (χ3n) is 4.34. The van der Waals surface area contributed by atoms with Crippen molar-refractivity contribution < 1.29 is 14.3 Å². The number of carbonyl (C=O) groups excluding carboxylic acids is 2. The molecule has 0 radical (unpaired) electrons. The number of ether oxygens (including phenoxy) is 1. The summed E-state index contributed by atoms with van der Waals surface area (Å²) in [5, 5.41) is 3.26. The molecular weight excluding hydrogens is 352 g/mol. The predicted octanol–water partition coefficient (Wildman–Crippen LogP) is 2.54. The van der Waals surface area contributed by atoms with Crippen LogP contribution in [0, 0.1) is 0 Å². The molecule has 1 fully saturated rings. The molecule has 1 N–H and O–H groups in total. The first-order valence-corrected chi connectivity index (χ1v) is 8.48. The van der Waals surface area contributed by atoms with Crippen molar-refractivity contribution in [3.8, 4) is 5.75 Å². The standard InChI is InChI=1S/C20H22N2O3.ClH/c1-15-13-21-11-12-22(15)19(23)14-25-18-9-7-17(8-10-18)20(24)16-5-3-2-4-6-16;/h2-10,15,21H,11-14H2,1H3;1H/t15-;/m0./s1. The van der Waals surface area contributed by atoms with Crippen molar-refractivity contribution in [2.75, 3.05) is 26.2 Å². The summed E-state index contributed by atoms with van der Waals surface area (Å²) in [6.07, 6.45) is 0. The molecule has 5 nitrogen and oxygen atoms in total. The van der Waals surface area contributed by atoms with Crippen molar-refractivity contribution in [2.45, 2.75) is 13.0 Å². The molecule has 3 rings (SSSR count). The van der Waals surface area contributed by atoms with Gasteiger partial charge in [-0.15, -0.1) is 12.4 Å². The van der Waals surface area contributed by atoms with Crippen molar-refractivity contribution in [1.82, 2.24) is 10.2 Å². The van der Waals surface area contributed by atoms with Crippen LogP contribution in [0.4, 0.5) is 0 Å². The molecule has 1 aliphatic heterocycles. The third-order valence-corrected chi connectivity index (χ3v) is 4.34. The molecule has 26 heavy (non-hydrogen) atoms. The summed E-state index contributed by atoms with van der Waals surface area (Å²) in [5.41, 5.74) is 1.25. The van der Waals surface area contributed by atoms with E-state index in [1.807, 2.05) is 30.0 Å². The Morgan fingerprint density at radius 3 is 2.38 bits per heavy atom. The fraction of sp³-hybridized carbons (Fsp3) is 0.300.